The van der Waals surface area contributed by atoms with Crippen LogP contribution in [0.15, 0.2) is 24.3 Å². The molecule has 0 atom stereocenters. The summed E-state index contributed by atoms with van der Waals surface area (Å²) < 4.78 is 0. The molecule has 1 aromatic carbocycles. The van der Waals surface area contributed by atoms with Crippen LogP contribution in [0.4, 0.5) is 5.69 Å². The molecule has 1 aromatic rings. The van der Waals surface area contributed by atoms with E-state index in [0.717, 1.165) is 5.56 Å². The lowest BCUT2D eigenvalue weighted by Gasteiger charge is -2.26. The summed E-state index contributed by atoms with van der Waals surface area (Å²) in [5.41, 5.74) is 3.55. The lowest BCUT2D eigenvalue weighted by molar-refractivity contribution is -0.138. The van der Waals surface area contributed by atoms with E-state index in [1.807, 2.05) is 6.07 Å². The summed E-state index contributed by atoms with van der Waals surface area (Å²) in [7, 11) is 0. The van der Waals surface area contributed by atoms with Gasteiger partial charge in [-0.15, -0.1) is 0 Å². The summed E-state index contributed by atoms with van der Waals surface area (Å²) in [6, 6.07) is 7.13. The van der Waals surface area contributed by atoms with Gasteiger partial charge in [-0.05, 0) is 17.7 Å². The molecule has 0 bridgehead atoms. The zero-order valence-corrected chi connectivity index (χ0v) is 9.14. The Bertz CT molecular complexity index is 447. The fourth-order valence-electron chi connectivity index (χ4n) is 1.75. The number of hydroxylamine groups is 1. The number of amides is 2. The van der Waals surface area contributed by atoms with Crippen LogP contribution >= 0.6 is 0 Å². The Labute approximate surface area is 98.2 Å². The molecule has 0 radical (unpaired) electrons. The Morgan fingerprint density at radius 1 is 1.41 bits per heavy atom. The quantitative estimate of drug-likeness (QED) is 0.493. The van der Waals surface area contributed by atoms with E-state index in [1.54, 1.807) is 18.2 Å². The highest BCUT2D eigenvalue weighted by Gasteiger charge is 2.27. The molecule has 1 aliphatic heterocycles. The fourth-order valence-corrected chi connectivity index (χ4v) is 1.75. The Hall–Kier alpha value is -1.92. The molecule has 0 aliphatic carbocycles. The molecule has 1 heterocycles. The number of benzene rings is 1. The van der Waals surface area contributed by atoms with Crippen LogP contribution in [0.25, 0.3) is 0 Å². The van der Waals surface area contributed by atoms with Gasteiger partial charge in [0.25, 0.3) is 0 Å². The number of hydrogen-bond donors (Lipinski definition) is 3. The van der Waals surface area contributed by atoms with Gasteiger partial charge in [0.2, 0.25) is 0 Å². The molecule has 2 rings (SSSR count). The van der Waals surface area contributed by atoms with Crippen molar-refractivity contribution >= 4 is 17.5 Å². The number of nitrogens with one attached hydrogen (secondary N) is 2. The van der Waals surface area contributed by atoms with Crippen LogP contribution in [0.2, 0.25) is 0 Å². The van der Waals surface area contributed by atoms with Gasteiger partial charge in [0.15, 0.2) is 0 Å². The number of rotatable bonds is 3. The van der Waals surface area contributed by atoms with Crippen molar-refractivity contribution in [2.75, 3.05) is 18.0 Å². The van der Waals surface area contributed by atoms with Gasteiger partial charge >= 0.3 is 11.8 Å². The van der Waals surface area contributed by atoms with Crippen molar-refractivity contribution in [3.05, 3.63) is 29.8 Å². The summed E-state index contributed by atoms with van der Waals surface area (Å²) in [6.45, 7) is 1.20. The van der Waals surface area contributed by atoms with Gasteiger partial charge in [0.05, 0.1) is 0 Å². The third-order valence-corrected chi connectivity index (χ3v) is 2.57. The predicted octanol–water partition coefficient (Wildman–Crippen LogP) is -0.372. The molecule has 1 saturated heterocycles. The monoisotopic (exact) mass is 235 g/mol. The van der Waals surface area contributed by atoms with Crippen molar-refractivity contribution < 1.29 is 14.8 Å². The van der Waals surface area contributed by atoms with Crippen LogP contribution in [0.1, 0.15) is 5.56 Å². The van der Waals surface area contributed by atoms with E-state index in [0.29, 0.717) is 25.3 Å². The number of carbonyl (C=O) groups excluding carboxylic acids is 2. The number of carbonyl (C=O) groups is 2. The lowest BCUT2D eigenvalue weighted by Crippen LogP contribution is -2.52. The number of piperazine rings is 1. The molecule has 0 saturated carbocycles. The maximum atomic E-state index is 11.6. The third-order valence-electron chi connectivity index (χ3n) is 2.57. The standard InChI is InChI=1S/C11H13N3O3/c15-10-11(16)14(5-4-12-10)9-3-1-2-8(6-9)7-13-17/h1-3,6,13,17H,4-5,7H2,(H,12,15). The van der Waals surface area contributed by atoms with Crippen LogP contribution in [0.5, 0.6) is 0 Å². The Kier molecular flexibility index (Phi) is 3.36. The van der Waals surface area contributed by atoms with Crippen molar-refractivity contribution in [2.45, 2.75) is 6.54 Å². The van der Waals surface area contributed by atoms with E-state index in [1.165, 1.54) is 4.90 Å². The first-order chi connectivity index (χ1) is 8.22. The predicted molar refractivity (Wildman–Crippen MR) is 60.4 cm³/mol. The Morgan fingerprint density at radius 2 is 2.24 bits per heavy atom. The third kappa shape index (κ3) is 2.43. The second-order valence-electron chi connectivity index (χ2n) is 3.72. The summed E-state index contributed by atoms with van der Waals surface area (Å²) in [5.74, 6) is -1.13. The summed E-state index contributed by atoms with van der Waals surface area (Å²) in [5, 5.41) is 11.1. The Morgan fingerprint density at radius 3 is 3.00 bits per heavy atom. The molecule has 90 valence electrons. The molecule has 0 unspecified atom stereocenters. The zero-order valence-electron chi connectivity index (χ0n) is 9.14. The topological polar surface area (TPSA) is 81.7 Å². The van der Waals surface area contributed by atoms with Gasteiger partial charge in [-0.2, -0.15) is 0 Å². The summed E-state index contributed by atoms with van der Waals surface area (Å²) >= 11 is 0. The van der Waals surface area contributed by atoms with Crippen LogP contribution in [0.3, 0.4) is 0 Å². The van der Waals surface area contributed by atoms with Crippen molar-refractivity contribution in [1.29, 1.82) is 0 Å². The second kappa shape index (κ2) is 4.94. The van der Waals surface area contributed by atoms with E-state index in [2.05, 4.69) is 10.8 Å². The van der Waals surface area contributed by atoms with Gasteiger partial charge in [-0.1, -0.05) is 12.1 Å². The molecule has 6 heteroatoms. The zero-order chi connectivity index (χ0) is 12.3. The molecule has 3 N–H and O–H groups in total. The molecule has 0 spiro atoms. The number of nitrogens with zero attached hydrogens (tertiary/aromatic N) is 1. The van der Waals surface area contributed by atoms with Gasteiger partial charge in [0, 0.05) is 25.3 Å². The minimum atomic E-state index is -0.582. The average Bonchev–Trinajstić information content (AvgIpc) is 2.33. The Balaban J connectivity index is 2.23. The maximum absolute atomic E-state index is 11.6. The highest BCUT2D eigenvalue weighted by atomic mass is 16.5. The summed E-state index contributed by atoms with van der Waals surface area (Å²) in [6.07, 6.45) is 0. The van der Waals surface area contributed by atoms with E-state index >= 15 is 0 Å². The SMILES string of the molecule is O=C1NCCN(c2cccc(CNO)c2)C1=O. The molecular weight excluding hydrogens is 222 g/mol. The van der Waals surface area contributed by atoms with E-state index in [9.17, 15) is 9.59 Å². The molecule has 1 aliphatic rings. The van der Waals surface area contributed by atoms with Crippen LogP contribution in [-0.2, 0) is 16.1 Å². The summed E-state index contributed by atoms with van der Waals surface area (Å²) in [4.78, 5) is 24.3. The highest BCUT2D eigenvalue weighted by Crippen LogP contribution is 2.17. The molecule has 0 aromatic heterocycles. The molecule has 6 nitrogen and oxygen atoms in total. The number of anilines is 1. The van der Waals surface area contributed by atoms with Gasteiger partial charge in [-0.3, -0.25) is 9.59 Å². The minimum Gasteiger partial charge on any atom is -0.346 e. The van der Waals surface area contributed by atoms with Crippen molar-refractivity contribution in [1.82, 2.24) is 10.8 Å². The first kappa shape index (κ1) is 11.6. The largest absolute Gasteiger partial charge is 0.346 e. The van der Waals surface area contributed by atoms with E-state index in [4.69, 9.17) is 5.21 Å². The smallest absolute Gasteiger partial charge is 0.316 e. The maximum Gasteiger partial charge on any atom is 0.316 e. The molecule has 17 heavy (non-hydrogen) atoms. The van der Waals surface area contributed by atoms with E-state index < -0.39 is 11.8 Å². The number of hydrogen-bond acceptors (Lipinski definition) is 4. The lowest BCUT2D eigenvalue weighted by atomic mass is 10.1. The molecule has 2 amide bonds. The van der Waals surface area contributed by atoms with Crippen molar-refractivity contribution in [2.24, 2.45) is 0 Å². The first-order valence-corrected chi connectivity index (χ1v) is 5.28. The van der Waals surface area contributed by atoms with Gasteiger partial charge in [-0.25, -0.2) is 5.48 Å². The van der Waals surface area contributed by atoms with Crippen LogP contribution in [-0.4, -0.2) is 30.1 Å². The van der Waals surface area contributed by atoms with Gasteiger partial charge in [0.1, 0.15) is 0 Å². The minimum absolute atomic E-state index is 0.294. The normalized spacial score (nSPS) is 15.9. The van der Waals surface area contributed by atoms with Crippen molar-refractivity contribution in [3.63, 3.8) is 0 Å². The average molecular weight is 235 g/mol. The fraction of sp³-hybridized carbons (Fsp3) is 0.273. The molecular formula is C11H13N3O3. The highest BCUT2D eigenvalue weighted by molar-refractivity contribution is 6.41. The van der Waals surface area contributed by atoms with Crippen LogP contribution in [0, 0.1) is 0 Å². The van der Waals surface area contributed by atoms with Gasteiger partial charge < -0.3 is 15.4 Å². The van der Waals surface area contributed by atoms with Crippen molar-refractivity contribution in [3.8, 4) is 0 Å². The molecule has 1 fully saturated rings. The first-order valence-electron chi connectivity index (χ1n) is 5.28. The van der Waals surface area contributed by atoms with E-state index in [-0.39, 0.29) is 0 Å². The van der Waals surface area contributed by atoms with Crippen LogP contribution < -0.4 is 15.7 Å². The second-order valence-corrected chi connectivity index (χ2v) is 3.72.